The lowest BCUT2D eigenvalue weighted by molar-refractivity contribution is 0.499. The molecule has 1 atom stereocenters. The summed E-state index contributed by atoms with van der Waals surface area (Å²) in [5, 5.41) is 3.50. The predicted molar refractivity (Wildman–Crippen MR) is 68.1 cm³/mol. The van der Waals surface area contributed by atoms with Gasteiger partial charge in [-0.05, 0) is 43.5 Å². The summed E-state index contributed by atoms with van der Waals surface area (Å²) in [4.78, 5) is 4.12. The van der Waals surface area contributed by atoms with E-state index in [-0.39, 0.29) is 0 Å². The van der Waals surface area contributed by atoms with Crippen LogP contribution in [-0.2, 0) is 0 Å². The van der Waals surface area contributed by atoms with E-state index in [1.54, 1.807) is 0 Å². The number of aryl methyl sites for hydroxylation is 1. The Morgan fingerprint density at radius 3 is 3.00 bits per heavy atom. The van der Waals surface area contributed by atoms with Crippen LogP contribution in [0.4, 0.5) is 0 Å². The zero-order valence-electron chi connectivity index (χ0n) is 10.2. The second-order valence-electron chi connectivity index (χ2n) is 3.94. The van der Waals surface area contributed by atoms with Crippen LogP contribution in [0.25, 0.3) is 0 Å². The van der Waals surface area contributed by atoms with E-state index >= 15 is 0 Å². The van der Waals surface area contributed by atoms with Crippen LogP contribution in [0.1, 0.15) is 43.4 Å². The summed E-state index contributed by atoms with van der Waals surface area (Å²) >= 11 is 0. The van der Waals surface area contributed by atoms with Gasteiger partial charge in [-0.3, -0.25) is 4.98 Å². The fourth-order valence-corrected chi connectivity index (χ4v) is 1.90. The monoisotopic (exact) mass is 216 g/mol. The minimum absolute atomic E-state index is 0.404. The van der Waals surface area contributed by atoms with Crippen molar-refractivity contribution < 1.29 is 0 Å². The number of unbranched alkanes of at least 4 members (excludes halogenated alkanes) is 1. The van der Waals surface area contributed by atoms with Gasteiger partial charge >= 0.3 is 0 Å². The van der Waals surface area contributed by atoms with Gasteiger partial charge in [-0.25, -0.2) is 0 Å². The third-order valence-corrected chi connectivity index (χ3v) is 2.70. The number of aromatic nitrogens is 1. The van der Waals surface area contributed by atoms with E-state index in [1.807, 2.05) is 12.4 Å². The summed E-state index contributed by atoms with van der Waals surface area (Å²) in [5.74, 6) is 2.69. The fraction of sp³-hybridized carbons (Fsp3) is 0.500. The van der Waals surface area contributed by atoms with Crippen LogP contribution in [0.3, 0.4) is 0 Å². The van der Waals surface area contributed by atoms with E-state index in [2.05, 4.69) is 36.1 Å². The van der Waals surface area contributed by atoms with E-state index in [9.17, 15) is 0 Å². The molecule has 0 radical (unpaired) electrons. The van der Waals surface area contributed by atoms with E-state index in [1.165, 1.54) is 11.1 Å². The summed E-state index contributed by atoms with van der Waals surface area (Å²) in [5.41, 5.74) is 2.59. The Kier molecular flexibility index (Phi) is 5.60. The number of nitrogens with zero attached hydrogens (tertiary/aromatic N) is 1. The number of hydrogen-bond donors (Lipinski definition) is 1. The smallest absolute Gasteiger partial charge is 0.0324 e. The zero-order valence-corrected chi connectivity index (χ0v) is 10.2. The first-order chi connectivity index (χ1) is 7.79. The Morgan fingerprint density at radius 2 is 2.38 bits per heavy atom. The molecular weight excluding hydrogens is 196 g/mol. The maximum absolute atomic E-state index is 5.28. The minimum atomic E-state index is 0.404. The molecule has 0 saturated carbocycles. The molecule has 0 aliphatic rings. The fourth-order valence-electron chi connectivity index (χ4n) is 1.90. The largest absolute Gasteiger partial charge is 0.310 e. The average molecular weight is 216 g/mol. The average Bonchev–Trinajstić information content (AvgIpc) is 2.29. The van der Waals surface area contributed by atoms with Crippen LogP contribution >= 0.6 is 0 Å². The molecule has 0 aromatic carbocycles. The van der Waals surface area contributed by atoms with Crippen molar-refractivity contribution in [3.8, 4) is 12.3 Å². The Bertz CT molecular complexity index is 352. The van der Waals surface area contributed by atoms with Crippen molar-refractivity contribution in [2.75, 3.05) is 6.54 Å². The maximum atomic E-state index is 5.28. The topological polar surface area (TPSA) is 24.9 Å². The molecule has 0 saturated heterocycles. The standard InChI is InChI=1S/C14H20N2/c1-4-6-7-8-14(16-5-2)13-9-10-15-11-12(13)3/h1,9-11,14,16H,5-8H2,2-3H3. The number of terminal acetylenes is 1. The molecule has 0 aliphatic carbocycles. The highest BCUT2D eigenvalue weighted by Gasteiger charge is 2.11. The summed E-state index contributed by atoms with van der Waals surface area (Å²) in [6.45, 7) is 5.21. The van der Waals surface area contributed by atoms with Crippen molar-refractivity contribution in [1.82, 2.24) is 10.3 Å². The van der Waals surface area contributed by atoms with Crippen LogP contribution in [-0.4, -0.2) is 11.5 Å². The van der Waals surface area contributed by atoms with E-state index in [4.69, 9.17) is 6.42 Å². The summed E-state index contributed by atoms with van der Waals surface area (Å²) in [6, 6.07) is 2.50. The highest BCUT2D eigenvalue weighted by molar-refractivity contribution is 5.25. The normalized spacial score (nSPS) is 12.1. The third-order valence-electron chi connectivity index (χ3n) is 2.70. The molecule has 2 nitrogen and oxygen atoms in total. The summed E-state index contributed by atoms with van der Waals surface area (Å²) < 4.78 is 0. The van der Waals surface area contributed by atoms with Gasteiger partial charge in [0.05, 0.1) is 0 Å². The molecule has 1 unspecified atom stereocenters. The van der Waals surface area contributed by atoms with Gasteiger partial charge in [0.2, 0.25) is 0 Å². The summed E-state index contributed by atoms with van der Waals surface area (Å²) in [6.07, 6.45) is 12.1. The molecule has 1 heterocycles. The molecule has 16 heavy (non-hydrogen) atoms. The Morgan fingerprint density at radius 1 is 1.56 bits per heavy atom. The zero-order chi connectivity index (χ0) is 11.8. The lowest BCUT2D eigenvalue weighted by Crippen LogP contribution is -2.21. The number of nitrogens with one attached hydrogen (secondary N) is 1. The van der Waals surface area contributed by atoms with Gasteiger partial charge in [0.1, 0.15) is 0 Å². The second kappa shape index (κ2) is 7.03. The highest BCUT2D eigenvalue weighted by atomic mass is 14.9. The van der Waals surface area contributed by atoms with Gasteiger partial charge in [0.15, 0.2) is 0 Å². The number of rotatable bonds is 6. The van der Waals surface area contributed by atoms with E-state index in [0.717, 1.165) is 25.8 Å². The van der Waals surface area contributed by atoms with Gasteiger partial charge in [-0.15, -0.1) is 12.3 Å². The first-order valence-corrected chi connectivity index (χ1v) is 5.87. The molecule has 0 fully saturated rings. The van der Waals surface area contributed by atoms with Crippen molar-refractivity contribution in [3.63, 3.8) is 0 Å². The van der Waals surface area contributed by atoms with Crippen LogP contribution in [0.2, 0.25) is 0 Å². The van der Waals surface area contributed by atoms with Gasteiger partial charge in [-0.1, -0.05) is 6.92 Å². The molecule has 1 rings (SSSR count). The van der Waals surface area contributed by atoms with Crippen molar-refractivity contribution in [2.45, 2.75) is 39.2 Å². The molecule has 2 heteroatoms. The molecule has 1 aromatic heterocycles. The van der Waals surface area contributed by atoms with Crippen LogP contribution in [0, 0.1) is 19.3 Å². The molecule has 1 N–H and O–H groups in total. The molecule has 0 spiro atoms. The Hall–Kier alpha value is -1.33. The van der Waals surface area contributed by atoms with Gasteiger partial charge in [0, 0.05) is 24.9 Å². The molecule has 1 aromatic rings. The van der Waals surface area contributed by atoms with Gasteiger partial charge in [-0.2, -0.15) is 0 Å². The van der Waals surface area contributed by atoms with Gasteiger partial charge in [0.25, 0.3) is 0 Å². The lowest BCUT2D eigenvalue weighted by Gasteiger charge is -2.19. The SMILES string of the molecule is C#CCCCC(NCC)c1ccncc1C. The molecule has 0 bridgehead atoms. The molecule has 0 aliphatic heterocycles. The Labute approximate surface area is 98.5 Å². The van der Waals surface area contributed by atoms with Crippen LogP contribution in [0.15, 0.2) is 18.5 Å². The maximum Gasteiger partial charge on any atom is 0.0324 e. The molecule has 0 amide bonds. The number of hydrogen-bond acceptors (Lipinski definition) is 2. The predicted octanol–water partition coefficient (Wildman–Crippen LogP) is 2.84. The van der Waals surface area contributed by atoms with Crippen LogP contribution in [0.5, 0.6) is 0 Å². The van der Waals surface area contributed by atoms with Crippen molar-refractivity contribution in [2.24, 2.45) is 0 Å². The second-order valence-corrected chi connectivity index (χ2v) is 3.94. The lowest BCUT2D eigenvalue weighted by atomic mass is 9.98. The molecule has 86 valence electrons. The highest BCUT2D eigenvalue weighted by Crippen LogP contribution is 2.21. The number of pyridine rings is 1. The van der Waals surface area contributed by atoms with E-state index in [0.29, 0.717) is 6.04 Å². The van der Waals surface area contributed by atoms with Crippen molar-refractivity contribution in [3.05, 3.63) is 29.6 Å². The Balaban J connectivity index is 2.69. The first kappa shape index (κ1) is 12.7. The first-order valence-electron chi connectivity index (χ1n) is 5.87. The van der Waals surface area contributed by atoms with Crippen molar-refractivity contribution >= 4 is 0 Å². The third kappa shape index (κ3) is 3.67. The van der Waals surface area contributed by atoms with Crippen LogP contribution < -0.4 is 5.32 Å². The van der Waals surface area contributed by atoms with Crippen molar-refractivity contribution in [1.29, 1.82) is 0 Å². The summed E-state index contributed by atoms with van der Waals surface area (Å²) in [7, 11) is 0. The van der Waals surface area contributed by atoms with E-state index < -0.39 is 0 Å². The quantitative estimate of drug-likeness (QED) is 0.584. The molecular formula is C14H20N2. The minimum Gasteiger partial charge on any atom is -0.310 e. The van der Waals surface area contributed by atoms with Gasteiger partial charge < -0.3 is 5.32 Å².